The van der Waals surface area contributed by atoms with Crippen LogP contribution in [-0.4, -0.2) is 50.6 Å². The SMILES string of the molecule is CN1CCN(c2ccc(N/C=C(/C#N)C(=O)N3CCCc4ccccc43)cc2)CC1. The second kappa shape index (κ2) is 9.02. The van der Waals surface area contributed by atoms with Gasteiger partial charge in [0.2, 0.25) is 0 Å². The minimum absolute atomic E-state index is 0.106. The average Bonchev–Trinajstić information content (AvgIpc) is 2.80. The van der Waals surface area contributed by atoms with Gasteiger partial charge < -0.3 is 20.0 Å². The van der Waals surface area contributed by atoms with Gasteiger partial charge in [-0.2, -0.15) is 5.26 Å². The molecule has 2 aromatic rings. The predicted molar refractivity (Wildman–Crippen MR) is 121 cm³/mol. The third kappa shape index (κ3) is 4.32. The van der Waals surface area contributed by atoms with Crippen molar-refractivity contribution in [2.45, 2.75) is 12.8 Å². The molecule has 0 bridgehead atoms. The number of piperazine rings is 1. The van der Waals surface area contributed by atoms with Gasteiger partial charge in [0, 0.05) is 56.0 Å². The second-order valence-electron chi connectivity index (χ2n) is 7.84. The van der Waals surface area contributed by atoms with Gasteiger partial charge in [-0.05, 0) is 55.8 Å². The number of para-hydroxylation sites is 1. The Bertz CT molecular complexity index is 968. The molecule has 1 fully saturated rings. The van der Waals surface area contributed by atoms with Gasteiger partial charge in [0.05, 0.1) is 0 Å². The molecule has 2 heterocycles. The molecule has 0 aliphatic carbocycles. The van der Waals surface area contributed by atoms with E-state index in [-0.39, 0.29) is 11.5 Å². The zero-order valence-electron chi connectivity index (χ0n) is 17.3. The smallest absolute Gasteiger partial charge is 0.270 e. The van der Waals surface area contributed by atoms with Crippen LogP contribution in [0.3, 0.4) is 0 Å². The topological polar surface area (TPSA) is 62.6 Å². The summed E-state index contributed by atoms with van der Waals surface area (Å²) >= 11 is 0. The van der Waals surface area contributed by atoms with E-state index >= 15 is 0 Å². The van der Waals surface area contributed by atoms with Gasteiger partial charge >= 0.3 is 0 Å². The lowest BCUT2D eigenvalue weighted by atomic mass is 10.0. The maximum absolute atomic E-state index is 13.0. The van der Waals surface area contributed by atoms with Crippen LogP contribution >= 0.6 is 0 Å². The molecule has 1 N–H and O–H groups in total. The van der Waals surface area contributed by atoms with Crippen molar-refractivity contribution < 1.29 is 4.79 Å². The summed E-state index contributed by atoms with van der Waals surface area (Å²) in [5.74, 6) is -0.258. The van der Waals surface area contributed by atoms with Crippen LogP contribution in [0.4, 0.5) is 17.1 Å². The van der Waals surface area contributed by atoms with Crippen LogP contribution < -0.4 is 15.1 Å². The molecule has 0 aromatic heterocycles. The number of hydrogen-bond donors (Lipinski definition) is 1. The molecular formula is C24H27N5O. The summed E-state index contributed by atoms with van der Waals surface area (Å²) in [5, 5.41) is 12.7. The van der Waals surface area contributed by atoms with Gasteiger partial charge in [-0.15, -0.1) is 0 Å². The fraction of sp³-hybridized carbons (Fsp3) is 0.333. The molecule has 2 aromatic carbocycles. The highest BCUT2D eigenvalue weighted by atomic mass is 16.2. The number of aryl methyl sites for hydroxylation is 1. The molecule has 30 heavy (non-hydrogen) atoms. The molecular weight excluding hydrogens is 374 g/mol. The van der Waals surface area contributed by atoms with Crippen LogP contribution in [0.15, 0.2) is 60.3 Å². The second-order valence-corrected chi connectivity index (χ2v) is 7.84. The largest absolute Gasteiger partial charge is 0.369 e. The van der Waals surface area contributed by atoms with Crippen LogP contribution in [0, 0.1) is 11.3 Å². The zero-order chi connectivity index (χ0) is 20.9. The zero-order valence-corrected chi connectivity index (χ0v) is 17.3. The van der Waals surface area contributed by atoms with E-state index in [0.717, 1.165) is 56.0 Å². The highest BCUT2D eigenvalue weighted by Crippen LogP contribution is 2.28. The molecule has 1 saturated heterocycles. The van der Waals surface area contributed by atoms with Crippen molar-refractivity contribution in [2.75, 3.05) is 54.9 Å². The quantitative estimate of drug-likeness (QED) is 0.630. The first-order valence-electron chi connectivity index (χ1n) is 10.5. The summed E-state index contributed by atoms with van der Waals surface area (Å²) in [6, 6.07) is 18.1. The number of rotatable bonds is 4. The average molecular weight is 402 g/mol. The fourth-order valence-corrected chi connectivity index (χ4v) is 4.02. The summed E-state index contributed by atoms with van der Waals surface area (Å²) in [6.07, 6.45) is 3.39. The monoisotopic (exact) mass is 401 g/mol. The highest BCUT2D eigenvalue weighted by Gasteiger charge is 2.24. The first-order valence-corrected chi connectivity index (χ1v) is 10.5. The van der Waals surface area contributed by atoms with Crippen LogP contribution in [0.1, 0.15) is 12.0 Å². The van der Waals surface area contributed by atoms with E-state index in [1.807, 2.05) is 36.4 Å². The van der Waals surface area contributed by atoms with E-state index < -0.39 is 0 Å². The number of nitriles is 1. The maximum atomic E-state index is 13.0. The third-order valence-electron chi connectivity index (χ3n) is 5.83. The number of likely N-dealkylation sites (N-methyl/N-ethyl adjacent to an activating group) is 1. The number of nitrogens with zero attached hydrogens (tertiary/aromatic N) is 4. The van der Waals surface area contributed by atoms with Gasteiger partial charge in [0.25, 0.3) is 5.91 Å². The Kier molecular flexibility index (Phi) is 6.01. The Labute approximate surface area is 178 Å². The molecule has 0 unspecified atom stereocenters. The number of benzene rings is 2. The molecule has 6 heteroatoms. The van der Waals surface area contributed by atoms with Crippen molar-refractivity contribution in [3.05, 3.63) is 65.9 Å². The molecule has 0 atom stereocenters. The van der Waals surface area contributed by atoms with E-state index in [9.17, 15) is 10.1 Å². The Morgan fingerprint density at radius 1 is 1.03 bits per heavy atom. The summed E-state index contributed by atoms with van der Waals surface area (Å²) in [7, 11) is 2.15. The Hall–Kier alpha value is -3.30. The minimum atomic E-state index is -0.258. The molecule has 2 aliphatic heterocycles. The van der Waals surface area contributed by atoms with E-state index in [4.69, 9.17) is 0 Å². The van der Waals surface area contributed by atoms with Crippen molar-refractivity contribution in [1.82, 2.24) is 4.90 Å². The number of anilines is 3. The Morgan fingerprint density at radius 3 is 2.50 bits per heavy atom. The molecule has 0 saturated carbocycles. The van der Waals surface area contributed by atoms with E-state index in [1.54, 1.807) is 4.90 Å². The number of nitrogens with one attached hydrogen (secondary N) is 1. The van der Waals surface area contributed by atoms with Crippen LogP contribution in [-0.2, 0) is 11.2 Å². The molecule has 6 nitrogen and oxygen atoms in total. The van der Waals surface area contributed by atoms with Crippen LogP contribution in [0.2, 0.25) is 0 Å². The van der Waals surface area contributed by atoms with E-state index in [1.165, 1.54) is 11.9 Å². The summed E-state index contributed by atoms with van der Waals surface area (Å²) in [5.41, 5.74) is 4.22. The normalized spacial score (nSPS) is 17.3. The number of carbonyl (C=O) groups is 1. The highest BCUT2D eigenvalue weighted by molar-refractivity contribution is 6.09. The lowest BCUT2D eigenvalue weighted by molar-refractivity contribution is -0.114. The Balaban J connectivity index is 1.44. The van der Waals surface area contributed by atoms with Crippen molar-refractivity contribution in [3.63, 3.8) is 0 Å². The van der Waals surface area contributed by atoms with Gasteiger partial charge in [0.15, 0.2) is 0 Å². The minimum Gasteiger partial charge on any atom is -0.369 e. The van der Waals surface area contributed by atoms with Crippen molar-refractivity contribution in [1.29, 1.82) is 5.26 Å². The lowest BCUT2D eigenvalue weighted by Gasteiger charge is -2.34. The van der Waals surface area contributed by atoms with Gasteiger partial charge in [-0.1, -0.05) is 18.2 Å². The molecule has 1 amide bonds. The lowest BCUT2D eigenvalue weighted by Crippen LogP contribution is -2.44. The van der Waals surface area contributed by atoms with Crippen molar-refractivity contribution >= 4 is 23.0 Å². The number of carbonyl (C=O) groups excluding carboxylic acids is 1. The number of amides is 1. The molecule has 154 valence electrons. The van der Waals surface area contributed by atoms with E-state index in [2.05, 4.69) is 40.4 Å². The van der Waals surface area contributed by atoms with Crippen LogP contribution in [0.25, 0.3) is 0 Å². The molecule has 4 rings (SSSR count). The third-order valence-corrected chi connectivity index (χ3v) is 5.83. The predicted octanol–water partition coefficient (Wildman–Crippen LogP) is 3.24. The van der Waals surface area contributed by atoms with E-state index in [0.29, 0.717) is 6.54 Å². The molecule has 2 aliphatic rings. The van der Waals surface area contributed by atoms with Crippen LogP contribution in [0.5, 0.6) is 0 Å². The summed E-state index contributed by atoms with van der Waals surface area (Å²) < 4.78 is 0. The Morgan fingerprint density at radius 2 is 1.77 bits per heavy atom. The molecule has 0 spiro atoms. The summed E-state index contributed by atoms with van der Waals surface area (Å²) in [4.78, 5) is 19.4. The maximum Gasteiger partial charge on any atom is 0.270 e. The number of fused-ring (bicyclic) bond motifs is 1. The van der Waals surface area contributed by atoms with Crippen molar-refractivity contribution in [3.8, 4) is 6.07 Å². The fourth-order valence-electron chi connectivity index (χ4n) is 4.02. The first-order chi connectivity index (χ1) is 14.7. The van der Waals surface area contributed by atoms with Crippen molar-refractivity contribution in [2.24, 2.45) is 0 Å². The molecule has 0 radical (unpaired) electrons. The van der Waals surface area contributed by atoms with Gasteiger partial charge in [-0.3, -0.25) is 4.79 Å². The number of hydrogen-bond acceptors (Lipinski definition) is 5. The van der Waals surface area contributed by atoms with Gasteiger partial charge in [-0.25, -0.2) is 0 Å². The first kappa shape index (κ1) is 20.0. The van der Waals surface area contributed by atoms with Gasteiger partial charge in [0.1, 0.15) is 11.6 Å². The standard InChI is InChI=1S/C24H27N5O/c1-27-13-15-28(16-14-27)22-10-8-21(9-11-22)26-18-20(17-25)24(30)29-12-4-6-19-5-2-3-7-23(19)29/h2-3,5,7-11,18,26H,4,6,12-16H2,1H3/b20-18-. The summed E-state index contributed by atoms with van der Waals surface area (Å²) in [6.45, 7) is 4.81.